The highest BCUT2D eigenvalue weighted by molar-refractivity contribution is 5.80. The molecule has 84 valence electrons. The lowest BCUT2D eigenvalue weighted by Crippen LogP contribution is -2.03. The van der Waals surface area contributed by atoms with E-state index in [0.29, 0.717) is 12.2 Å². The van der Waals surface area contributed by atoms with Crippen molar-refractivity contribution in [3.63, 3.8) is 0 Å². The minimum atomic E-state index is -0.269. The van der Waals surface area contributed by atoms with Crippen molar-refractivity contribution in [1.82, 2.24) is 4.98 Å². The summed E-state index contributed by atoms with van der Waals surface area (Å²) in [5.41, 5.74) is 1.60. The molecule has 5 nitrogen and oxygen atoms in total. The van der Waals surface area contributed by atoms with Crippen LogP contribution >= 0.6 is 0 Å². The summed E-state index contributed by atoms with van der Waals surface area (Å²) < 4.78 is 9.45. The van der Waals surface area contributed by atoms with Gasteiger partial charge in [-0.1, -0.05) is 0 Å². The van der Waals surface area contributed by atoms with E-state index in [1.54, 1.807) is 6.07 Å². The van der Waals surface area contributed by atoms with Crippen LogP contribution in [0.1, 0.15) is 17.7 Å². The van der Waals surface area contributed by atoms with E-state index >= 15 is 0 Å². The summed E-state index contributed by atoms with van der Waals surface area (Å²) in [5.74, 6) is -0.0108. The number of carbonyl (C=O) groups excluding carboxylic acids is 2. The summed E-state index contributed by atoms with van der Waals surface area (Å²) in [7, 11) is 1.35. The Morgan fingerprint density at radius 3 is 3.19 bits per heavy atom. The van der Waals surface area contributed by atoms with Gasteiger partial charge in [0.1, 0.15) is 0 Å². The van der Waals surface area contributed by atoms with Crippen molar-refractivity contribution < 1.29 is 19.1 Å². The molecule has 0 fully saturated rings. The molecule has 0 N–H and O–H groups in total. The van der Waals surface area contributed by atoms with Crippen molar-refractivity contribution in [2.75, 3.05) is 7.11 Å². The highest BCUT2D eigenvalue weighted by Crippen LogP contribution is 2.25. The lowest BCUT2D eigenvalue weighted by Gasteiger charge is -2.01. The molecule has 0 amide bonds. The molecule has 5 heteroatoms. The van der Waals surface area contributed by atoms with Crippen LogP contribution in [0.15, 0.2) is 12.3 Å². The predicted octanol–water partition coefficient (Wildman–Crippen LogP) is 0.649. The topological polar surface area (TPSA) is 65.5 Å². The van der Waals surface area contributed by atoms with Crippen LogP contribution in [-0.4, -0.2) is 24.0 Å². The van der Waals surface area contributed by atoms with Gasteiger partial charge in [0, 0.05) is 17.7 Å². The van der Waals surface area contributed by atoms with Crippen LogP contribution in [-0.2, 0) is 27.2 Å². The number of aryl methyl sites for hydroxylation is 1. The van der Waals surface area contributed by atoms with Crippen LogP contribution in [0.25, 0.3) is 0 Å². The Balaban J connectivity index is 2.05. The average Bonchev–Trinajstić information content (AvgIpc) is 2.65. The number of ether oxygens (including phenoxy) is 2. The lowest BCUT2D eigenvalue weighted by molar-refractivity contribution is -0.140. The van der Waals surface area contributed by atoms with Crippen molar-refractivity contribution in [2.45, 2.75) is 19.3 Å². The number of methoxy groups -OCH3 is 1. The SMILES string of the molecule is COC(=O)CCc1cc2c(cn1)OC(=O)C2. The summed E-state index contributed by atoms with van der Waals surface area (Å²) in [6, 6.07) is 1.79. The van der Waals surface area contributed by atoms with Gasteiger partial charge in [-0.25, -0.2) is 0 Å². The molecule has 2 rings (SSSR count). The first kappa shape index (κ1) is 10.6. The third-order valence-corrected chi connectivity index (χ3v) is 2.38. The molecule has 0 aliphatic carbocycles. The van der Waals surface area contributed by atoms with Gasteiger partial charge in [-0.05, 0) is 6.07 Å². The molecule has 1 aromatic rings. The van der Waals surface area contributed by atoms with Gasteiger partial charge in [0.2, 0.25) is 0 Å². The fourth-order valence-corrected chi connectivity index (χ4v) is 1.55. The first-order valence-electron chi connectivity index (χ1n) is 4.94. The van der Waals surface area contributed by atoms with Gasteiger partial charge < -0.3 is 9.47 Å². The van der Waals surface area contributed by atoms with E-state index in [-0.39, 0.29) is 24.8 Å². The lowest BCUT2D eigenvalue weighted by atomic mass is 10.1. The van der Waals surface area contributed by atoms with E-state index in [4.69, 9.17) is 4.74 Å². The van der Waals surface area contributed by atoms with E-state index in [1.165, 1.54) is 13.3 Å². The minimum absolute atomic E-state index is 0.262. The summed E-state index contributed by atoms with van der Waals surface area (Å²) in [5, 5.41) is 0. The van der Waals surface area contributed by atoms with E-state index < -0.39 is 0 Å². The Morgan fingerprint density at radius 1 is 1.62 bits per heavy atom. The molecular formula is C11H11NO4. The minimum Gasteiger partial charge on any atom is -0.469 e. The monoisotopic (exact) mass is 221 g/mol. The fourth-order valence-electron chi connectivity index (χ4n) is 1.55. The number of pyridine rings is 1. The second-order valence-electron chi connectivity index (χ2n) is 3.51. The third kappa shape index (κ3) is 2.18. The third-order valence-electron chi connectivity index (χ3n) is 2.38. The number of fused-ring (bicyclic) bond motifs is 1. The first-order valence-corrected chi connectivity index (χ1v) is 4.94. The number of rotatable bonds is 3. The Labute approximate surface area is 92.4 Å². The summed E-state index contributed by atoms with van der Waals surface area (Å²) in [6.45, 7) is 0. The molecule has 16 heavy (non-hydrogen) atoms. The maximum absolute atomic E-state index is 11.0. The van der Waals surface area contributed by atoms with Gasteiger partial charge in [0.05, 0.1) is 26.1 Å². The normalized spacial score (nSPS) is 13.2. The molecule has 0 spiro atoms. The summed E-state index contributed by atoms with van der Waals surface area (Å²) >= 11 is 0. The van der Waals surface area contributed by atoms with Crippen LogP contribution in [0, 0.1) is 0 Å². The van der Waals surface area contributed by atoms with E-state index in [1.807, 2.05) is 0 Å². The standard InChI is InChI=1S/C11H11NO4/c1-15-10(13)3-2-8-4-7-5-11(14)16-9(7)6-12-8/h4,6H,2-3,5H2,1H3. The maximum Gasteiger partial charge on any atom is 0.315 e. The molecule has 0 bridgehead atoms. The average molecular weight is 221 g/mol. The first-order chi connectivity index (χ1) is 7.69. The zero-order valence-electron chi connectivity index (χ0n) is 8.86. The molecule has 2 heterocycles. The highest BCUT2D eigenvalue weighted by Gasteiger charge is 2.20. The van der Waals surface area contributed by atoms with E-state index in [0.717, 1.165) is 11.3 Å². The molecule has 0 atom stereocenters. The van der Waals surface area contributed by atoms with Crippen molar-refractivity contribution in [1.29, 1.82) is 0 Å². The predicted molar refractivity (Wildman–Crippen MR) is 53.9 cm³/mol. The number of carbonyl (C=O) groups is 2. The van der Waals surface area contributed by atoms with Crippen LogP contribution in [0.2, 0.25) is 0 Å². The summed E-state index contributed by atoms with van der Waals surface area (Å²) in [4.78, 5) is 26.0. The quantitative estimate of drug-likeness (QED) is 0.701. The number of hydrogen-bond donors (Lipinski definition) is 0. The van der Waals surface area contributed by atoms with Gasteiger partial charge in [0.15, 0.2) is 5.75 Å². The van der Waals surface area contributed by atoms with Gasteiger partial charge in [0.25, 0.3) is 0 Å². The highest BCUT2D eigenvalue weighted by atomic mass is 16.5. The Morgan fingerprint density at radius 2 is 2.44 bits per heavy atom. The van der Waals surface area contributed by atoms with Crippen molar-refractivity contribution in [3.8, 4) is 5.75 Å². The van der Waals surface area contributed by atoms with Crippen LogP contribution in [0.4, 0.5) is 0 Å². The van der Waals surface area contributed by atoms with Crippen molar-refractivity contribution in [3.05, 3.63) is 23.5 Å². The van der Waals surface area contributed by atoms with Crippen LogP contribution in [0.3, 0.4) is 0 Å². The Kier molecular flexibility index (Phi) is 2.85. The molecule has 1 aliphatic heterocycles. The van der Waals surface area contributed by atoms with Crippen molar-refractivity contribution >= 4 is 11.9 Å². The molecule has 1 aromatic heterocycles. The fraction of sp³-hybridized carbons (Fsp3) is 0.364. The van der Waals surface area contributed by atoms with E-state index in [9.17, 15) is 9.59 Å². The second-order valence-corrected chi connectivity index (χ2v) is 3.51. The maximum atomic E-state index is 11.0. The second kappa shape index (κ2) is 4.30. The Hall–Kier alpha value is -1.91. The van der Waals surface area contributed by atoms with Crippen LogP contribution < -0.4 is 4.74 Å². The van der Waals surface area contributed by atoms with Crippen LogP contribution in [0.5, 0.6) is 5.75 Å². The molecule has 1 aliphatic rings. The van der Waals surface area contributed by atoms with Crippen molar-refractivity contribution in [2.24, 2.45) is 0 Å². The molecule has 0 saturated carbocycles. The van der Waals surface area contributed by atoms with Gasteiger partial charge >= 0.3 is 11.9 Å². The molecule has 0 saturated heterocycles. The number of aromatic nitrogens is 1. The molecule has 0 unspecified atom stereocenters. The molecular weight excluding hydrogens is 210 g/mol. The van der Waals surface area contributed by atoms with Gasteiger partial charge in [-0.3, -0.25) is 14.6 Å². The van der Waals surface area contributed by atoms with E-state index in [2.05, 4.69) is 9.72 Å². The number of nitrogens with zero attached hydrogens (tertiary/aromatic N) is 1. The number of esters is 2. The smallest absolute Gasteiger partial charge is 0.315 e. The number of hydrogen-bond acceptors (Lipinski definition) is 5. The summed E-state index contributed by atoms with van der Waals surface area (Å²) in [6.07, 6.45) is 2.60. The van der Waals surface area contributed by atoms with Gasteiger partial charge in [-0.2, -0.15) is 0 Å². The molecule has 0 radical (unpaired) electrons. The molecule has 0 aromatic carbocycles. The van der Waals surface area contributed by atoms with Gasteiger partial charge in [-0.15, -0.1) is 0 Å². The zero-order chi connectivity index (χ0) is 11.5. The Bertz CT molecular complexity index is 442. The zero-order valence-corrected chi connectivity index (χ0v) is 8.86. The largest absolute Gasteiger partial charge is 0.469 e.